The number of carbonyl (C=O) groups is 3. The molecule has 7 nitrogen and oxygen atoms in total. The first-order valence-electron chi connectivity index (χ1n) is 9.70. The number of carboxylic acid groups (broad SMARTS) is 1. The number of hydrogen-bond acceptors (Lipinski definition) is 6. The van der Waals surface area contributed by atoms with Crippen molar-refractivity contribution in [2.24, 2.45) is 0 Å². The number of anilines is 1. The summed E-state index contributed by atoms with van der Waals surface area (Å²) in [5, 5.41) is 14.9. The molecule has 2 rings (SSSR count). The van der Waals surface area contributed by atoms with Crippen molar-refractivity contribution in [3.8, 4) is 5.75 Å². The van der Waals surface area contributed by atoms with E-state index in [0.717, 1.165) is 17.0 Å². The van der Waals surface area contributed by atoms with Gasteiger partial charge in [0.2, 0.25) is 5.91 Å². The molecule has 0 aliphatic carbocycles. The third kappa shape index (κ3) is 6.54. The van der Waals surface area contributed by atoms with Crippen LogP contribution >= 0.6 is 11.3 Å². The van der Waals surface area contributed by atoms with Crippen molar-refractivity contribution in [2.45, 2.75) is 45.5 Å². The van der Waals surface area contributed by atoms with Crippen LogP contribution in [0.3, 0.4) is 0 Å². The minimum atomic E-state index is -4.84. The van der Waals surface area contributed by atoms with Crippen molar-refractivity contribution in [2.75, 3.05) is 11.9 Å². The zero-order valence-corrected chi connectivity index (χ0v) is 18.4. The number of amides is 1. The molecule has 0 radical (unpaired) electrons. The van der Waals surface area contributed by atoms with Crippen LogP contribution in [0.25, 0.3) is 0 Å². The molecule has 1 amide bonds. The first kappa shape index (κ1) is 25.3. The van der Waals surface area contributed by atoms with Crippen molar-refractivity contribution < 1.29 is 37.4 Å². The molecule has 0 aliphatic rings. The Hall–Kier alpha value is -2.92. The fraction of sp³-hybridized carbons (Fsp3) is 0.381. The van der Waals surface area contributed by atoms with Crippen LogP contribution in [-0.4, -0.2) is 41.2 Å². The lowest BCUT2D eigenvalue weighted by molar-refractivity contribution is -0.274. The van der Waals surface area contributed by atoms with Crippen LogP contribution in [0.2, 0.25) is 0 Å². The maximum atomic E-state index is 12.9. The topological polar surface area (TPSA) is 105 Å². The van der Waals surface area contributed by atoms with E-state index in [1.54, 1.807) is 13.0 Å². The van der Waals surface area contributed by atoms with E-state index in [-0.39, 0.29) is 29.1 Å². The molecule has 0 fully saturated rings. The van der Waals surface area contributed by atoms with Crippen molar-refractivity contribution in [1.29, 1.82) is 0 Å². The number of ether oxygens (including phenoxy) is 1. The molecule has 0 saturated heterocycles. The largest absolute Gasteiger partial charge is 0.573 e. The van der Waals surface area contributed by atoms with Crippen molar-refractivity contribution in [3.63, 3.8) is 0 Å². The van der Waals surface area contributed by atoms with Gasteiger partial charge in [-0.25, -0.2) is 0 Å². The predicted octanol–water partition coefficient (Wildman–Crippen LogP) is 4.22. The average Bonchev–Trinajstić information content (AvgIpc) is 3.13. The third-order valence-corrected chi connectivity index (χ3v) is 5.99. The van der Waals surface area contributed by atoms with Crippen LogP contribution in [0.1, 0.15) is 48.0 Å². The average molecular weight is 472 g/mol. The van der Waals surface area contributed by atoms with Crippen LogP contribution in [0.4, 0.5) is 18.2 Å². The van der Waals surface area contributed by atoms with Gasteiger partial charge in [-0.15, -0.1) is 24.5 Å². The number of ketones is 1. The molecule has 1 aromatic carbocycles. The molecule has 1 atom stereocenters. The number of carboxylic acids is 1. The van der Waals surface area contributed by atoms with Gasteiger partial charge in [0.05, 0.1) is 12.1 Å². The normalized spacial score (nSPS) is 13.3. The highest BCUT2D eigenvalue weighted by Crippen LogP contribution is 2.31. The molecule has 1 aromatic heterocycles. The van der Waals surface area contributed by atoms with Gasteiger partial charge in [0.25, 0.3) is 0 Å². The number of benzene rings is 1. The zero-order chi connectivity index (χ0) is 24.1. The Morgan fingerprint density at radius 1 is 1.12 bits per heavy atom. The highest BCUT2D eigenvalue weighted by atomic mass is 32.1. The Morgan fingerprint density at radius 2 is 1.75 bits per heavy atom. The maximum Gasteiger partial charge on any atom is 0.573 e. The van der Waals surface area contributed by atoms with Crippen LogP contribution in [0.5, 0.6) is 5.75 Å². The summed E-state index contributed by atoms with van der Waals surface area (Å²) in [6.07, 6.45) is -3.98. The summed E-state index contributed by atoms with van der Waals surface area (Å²) >= 11 is 1.20. The molecule has 0 aliphatic heterocycles. The summed E-state index contributed by atoms with van der Waals surface area (Å²) in [6, 6.07) is 6.10. The Bertz CT molecular complexity index is 988. The van der Waals surface area contributed by atoms with Crippen molar-refractivity contribution in [1.82, 2.24) is 5.32 Å². The number of hydrogen-bond donors (Lipinski definition) is 3. The lowest BCUT2D eigenvalue weighted by Crippen LogP contribution is -2.51. The second-order valence-corrected chi connectivity index (χ2v) is 8.24. The Balaban J connectivity index is 2.18. The first-order chi connectivity index (χ1) is 14.9. The van der Waals surface area contributed by atoms with Gasteiger partial charge in [-0.2, -0.15) is 0 Å². The first-order valence-corrected chi connectivity index (χ1v) is 10.5. The zero-order valence-electron chi connectivity index (χ0n) is 17.6. The molecular formula is C21H23F3N2O5S. The highest BCUT2D eigenvalue weighted by molar-refractivity contribution is 7.16. The molecule has 174 valence electrons. The van der Waals surface area contributed by atoms with Gasteiger partial charge in [-0.05, 0) is 50.1 Å². The van der Waals surface area contributed by atoms with Crippen molar-refractivity contribution in [3.05, 3.63) is 46.3 Å². The molecule has 0 unspecified atom stereocenters. The quantitative estimate of drug-likeness (QED) is 0.447. The molecule has 3 N–H and O–H groups in total. The van der Waals surface area contributed by atoms with Gasteiger partial charge in [0.15, 0.2) is 5.78 Å². The van der Waals surface area contributed by atoms with E-state index in [1.807, 2.05) is 6.92 Å². The van der Waals surface area contributed by atoms with Gasteiger partial charge in [-0.3, -0.25) is 19.7 Å². The lowest BCUT2D eigenvalue weighted by atomic mass is 9.99. The summed E-state index contributed by atoms with van der Waals surface area (Å²) in [6.45, 7) is 4.72. The van der Waals surface area contributed by atoms with E-state index in [0.29, 0.717) is 6.42 Å². The van der Waals surface area contributed by atoms with E-state index in [9.17, 15) is 32.7 Å². The summed E-state index contributed by atoms with van der Waals surface area (Å²) in [5.41, 5.74) is -0.959. The van der Waals surface area contributed by atoms with E-state index < -0.39 is 35.3 Å². The molecular weight excluding hydrogens is 449 g/mol. The van der Waals surface area contributed by atoms with E-state index in [1.165, 1.54) is 30.4 Å². The smallest absolute Gasteiger partial charge is 0.480 e. The number of nitrogens with one attached hydrogen (secondary N) is 2. The lowest BCUT2D eigenvalue weighted by Gasteiger charge is -2.24. The Labute approximate surface area is 186 Å². The Kier molecular flexibility index (Phi) is 8.02. The summed E-state index contributed by atoms with van der Waals surface area (Å²) < 4.78 is 40.8. The second kappa shape index (κ2) is 10.1. The second-order valence-electron chi connectivity index (χ2n) is 7.10. The summed E-state index contributed by atoms with van der Waals surface area (Å²) in [4.78, 5) is 37.5. The summed E-state index contributed by atoms with van der Waals surface area (Å²) in [5.74, 6) is -2.55. The molecule has 32 heavy (non-hydrogen) atoms. The minimum Gasteiger partial charge on any atom is -0.480 e. The monoisotopic (exact) mass is 472 g/mol. The number of halogens is 3. The molecule has 0 spiro atoms. The molecule has 0 saturated carbocycles. The number of aryl methyl sites for hydroxylation is 1. The van der Waals surface area contributed by atoms with Crippen LogP contribution < -0.4 is 15.4 Å². The molecule has 1 heterocycles. The fourth-order valence-corrected chi connectivity index (χ4v) is 3.65. The van der Waals surface area contributed by atoms with Gasteiger partial charge in [-0.1, -0.05) is 13.8 Å². The minimum absolute atomic E-state index is 0.123. The van der Waals surface area contributed by atoms with E-state index in [4.69, 9.17) is 0 Å². The standard InChI is InChI=1S/C21H23F3N2O5S/c1-4-14-10-15(17(28)12-6-8-13(9-7-12)31-21(22,23)24)18(32-14)26-16(27)11-25-20(3,5-2)19(29)30/h6-10,25H,4-5,11H2,1-3H3,(H,26,27)(H,29,30)/t20-/m0/s1. The molecule has 2 aromatic rings. The fourth-order valence-electron chi connectivity index (χ4n) is 2.64. The number of alkyl halides is 3. The summed E-state index contributed by atoms with van der Waals surface area (Å²) in [7, 11) is 0. The van der Waals surface area contributed by atoms with Crippen LogP contribution in [-0.2, 0) is 16.0 Å². The molecule has 0 bridgehead atoms. The van der Waals surface area contributed by atoms with Crippen LogP contribution in [0.15, 0.2) is 30.3 Å². The van der Waals surface area contributed by atoms with Crippen LogP contribution in [0, 0.1) is 0 Å². The molecule has 11 heteroatoms. The van der Waals surface area contributed by atoms with E-state index >= 15 is 0 Å². The number of rotatable bonds is 10. The predicted molar refractivity (Wildman–Crippen MR) is 113 cm³/mol. The highest BCUT2D eigenvalue weighted by Gasteiger charge is 2.32. The van der Waals surface area contributed by atoms with Gasteiger partial charge < -0.3 is 15.2 Å². The maximum absolute atomic E-state index is 12.9. The number of aliphatic carboxylic acids is 1. The van der Waals surface area contributed by atoms with Gasteiger partial charge >= 0.3 is 12.3 Å². The number of carbonyl (C=O) groups excluding carboxylic acids is 2. The number of thiophene rings is 1. The van der Waals surface area contributed by atoms with Gasteiger partial charge in [0.1, 0.15) is 16.3 Å². The van der Waals surface area contributed by atoms with E-state index in [2.05, 4.69) is 15.4 Å². The van der Waals surface area contributed by atoms with Gasteiger partial charge in [0, 0.05) is 10.4 Å². The SMILES string of the molecule is CCc1cc(C(=O)c2ccc(OC(F)(F)F)cc2)c(NC(=O)CN[C@@](C)(CC)C(=O)O)s1. The third-order valence-electron chi connectivity index (χ3n) is 4.80. The van der Waals surface area contributed by atoms with Crippen molar-refractivity contribution >= 4 is 34.0 Å². The Morgan fingerprint density at radius 3 is 2.25 bits per heavy atom.